The second-order valence-electron chi connectivity index (χ2n) is 5.11. The van der Waals surface area contributed by atoms with E-state index in [0.717, 1.165) is 23.1 Å². The van der Waals surface area contributed by atoms with Crippen LogP contribution in [-0.2, 0) is 6.54 Å². The average Bonchev–Trinajstić information content (AvgIpc) is 2.24. The highest BCUT2D eigenvalue weighted by Crippen LogP contribution is 2.14. The summed E-state index contributed by atoms with van der Waals surface area (Å²) in [7, 11) is 0. The summed E-state index contributed by atoms with van der Waals surface area (Å²) in [6, 6.07) is 5.33. The molecule has 0 aliphatic carbocycles. The molecule has 1 unspecified atom stereocenters. The Kier molecular flexibility index (Phi) is 6.82. The Labute approximate surface area is 117 Å². The van der Waals surface area contributed by atoms with Gasteiger partial charge in [-0.05, 0) is 43.1 Å². The third-order valence-electron chi connectivity index (χ3n) is 2.58. The Hall–Kier alpha value is -0.450. The van der Waals surface area contributed by atoms with Gasteiger partial charge in [-0.2, -0.15) is 0 Å². The third-order valence-corrected chi connectivity index (χ3v) is 3.04. The Morgan fingerprint density at radius 3 is 2.50 bits per heavy atom. The van der Waals surface area contributed by atoms with Gasteiger partial charge in [0, 0.05) is 23.6 Å². The second kappa shape index (κ2) is 7.87. The number of hydrogen-bond donors (Lipinski definition) is 2. The van der Waals surface area contributed by atoms with Crippen LogP contribution in [0.3, 0.4) is 0 Å². The van der Waals surface area contributed by atoms with Crippen LogP contribution in [0.15, 0.2) is 22.7 Å². The maximum Gasteiger partial charge on any atom is 0.124 e. The summed E-state index contributed by atoms with van der Waals surface area (Å²) < 4.78 is 14.0. The van der Waals surface area contributed by atoms with Gasteiger partial charge in [-0.1, -0.05) is 29.8 Å². The lowest BCUT2D eigenvalue weighted by Crippen LogP contribution is -2.37. The Bertz CT molecular complexity index is 349. The van der Waals surface area contributed by atoms with Gasteiger partial charge in [0.15, 0.2) is 0 Å². The number of nitrogens with one attached hydrogen (secondary N) is 2. The van der Waals surface area contributed by atoms with Gasteiger partial charge in [-0.15, -0.1) is 0 Å². The van der Waals surface area contributed by atoms with E-state index in [1.807, 2.05) is 6.07 Å². The van der Waals surface area contributed by atoms with Crippen LogP contribution >= 0.6 is 15.9 Å². The monoisotopic (exact) mass is 316 g/mol. The van der Waals surface area contributed by atoms with Gasteiger partial charge >= 0.3 is 0 Å². The largest absolute Gasteiger partial charge is 0.315 e. The summed E-state index contributed by atoms with van der Waals surface area (Å²) in [5.74, 6) is 0.461. The van der Waals surface area contributed by atoms with E-state index >= 15 is 0 Å². The van der Waals surface area contributed by atoms with Crippen molar-refractivity contribution in [2.24, 2.45) is 5.92 Å². The van der Waals surface area contributed by atoms with Gasteiger partial charge in [0.25, 0.3) is 0 Å². The highest BCUT2D eigenvalue weighted by Gasteiger charge is 2.03. The highest BCUT2D eigenvalue weighted by molar-refractivity contribution is 9.10. The van der Waals surface area contributed by atoms with Gasteiger partial charge in [0.05, 0.1) is 0 Å². The molecule has 18 heavy (non-hydrogen) atoms. The van der Waals surface area contributed by atoms with Crippen molar-refractivity contribution in [3.8, 4) is 0 Å². The zero-order chi connectivity index (χ0) is 13.5. The van der Waals surface area contributed by atoms with Crippen LogP contribution in [0.1, 0.15) is 26.3 Å². The zero-order valence-electron chi connectivity index (χ0n) is 11.3. The molecule has 0 spiro atoms. The van der Waals surface area contributed by atoms with Gasteiger partial charge in [-0.3, -0.25) is 0 Å². The molecule has 2 nitrogen and oxygen atoms in total. The van der Waals surface area contributed by atoms with Crippen LogP contribution in [0.25, 0.3) is 0 Å². The first-order chi connectivity index (χ1) is 8.47. The van der Waals surface area contributed by atoms with Crippen molar-refractivity contribution < 1.29 is 4.39 Å². The molecule has 1 aromatic carbocycles. The van der Waals surface area contributed by atoms with E-state index in [9.17, 15) is 4.39 Å². The molecule has 0 fully saturated rings. The van der Waals surface area contributed by atoms with Gasteiger partial charge in [0.1, 0.15) is 5.82 Å². The van der Waals surface area contributed by atoms with Crippen molar-refractivity contribution in [3.63, 3.8) is 0 Å². The summed E-state index contributed by atoms with van der Waals surface area (Å²) in [5, 5.41) is 6.77. The molecule has 0 bridgehead atoms. The van der Waals surface area contributed by atoms with E-state index in [1.54, 1.807) is 6.07 Å². The molecule has 1 rings (SSSR count). The molecule has 0 aromatic heterocycles. The molecule has 102 valence electrons. The lowest BCUT2D eigenvalue weighted by atomic mass is 10.2. The topological polar surface area (TPSA) is 24.1 Å². The third kappa shape index (κ3) is 6.47. The molecular formula is C14H22BrFN2. The first kappa shape index (κ1) is 15.6. The van der Waals surface area contributed by atoms with Crippen molar-refractivity contribution in [3.05, 3.63) is 34.1 Å². The minimum Gasteiger partial charge on any atom is -0.315 e. The maximum atomic E-state index is 13.2. The van der Waals surface area contributed by atoms with Crippen LogP contribution in [0.4, 0.5) is 4.39 Å². The van der Waals surface area contributed by atoms with Crippen LogP contribution in [0.5, 0.6) is 0 Å². The fourth-order valence-electron chi connectivity index (χ4n) is 1.67. The van der Waals surface area contributed by atoms with Crippen molar-refractivity contribution in [1.29, 1.82) is 0 Å². The minimum absolute atomic E-state index is 0.202. The predicted molar refractivity (Wildman–Crippen MR) is 78.1 cm³/mol. The molecule has 0 aliphatic heterocycles. The molecule has 1 atom stereocenters. The molecule has 4 heteroatoms. The van der Waals surface area contributed by atoms with E-state index < -0.39 is 0 Å². The first-order valence-corrected chi connectivity index (χ1v) is 7.15. The molecular weight excluding hydrogens is 295 g/mol. The molecule has 1 aromatic rings. The lowest BCUT2D eigenvalue weighted by molar-refractivity contribution is 0.471. The molecule has 0 saturated heterocycles. The van der Waals surface area contributed by atoms with Gasteiger partial charge < -0.3 is 10.6 Å². The molecule has 0 aliphatic rings. The Balaban J connectivity index is 2.31. The van der Waals surface area contributed by atoms with Crippen LogP contribution in [0, 0.1) is 11.7 Å². The summed E-state index contributed by atoms with van der Waals surface area (Å²) >= 11 is 3.30. The SMILES string of the molecule is CC(C)CNCC(C)NCc1cc(F)cc(Br)c1. The number of rotatable bonds is 7. The summed E-state index contributed by atoms with van der Waals surface area (Å²) in [6.45, 7) is 9.14. The Morgan fingerprint density at radius 2 is 1.89 bits per heavy atom. The van der Waals surface area contributed by atoms with E-state index in [4.69, 9.17) is 0 Å². The summed E-state index contributed by atoms with van der Waals surface area (Å²) in [5.41, 5.74) is 0.956. The molecule has 0 saturated carbocycles. The molecule has 0 radical (unpaired) electrons. The average molecular weight is 317 g/mol. The predicted octanol–water partition coefficient (Wildman–Crippen LogP) is 3.31. The smallest absolute Gasteiger partial charge is 0.124 e. The minimum atomic E-state index is -0.202. The van der Waals surface area contributed by atoms with E-state index in [1.165, 1.54) is 6.07 Å². The zero-order valence-corrected chi connectivity index (χ0v) is 12.8. The Morgan fingerprint density at radius 1 is 1.17 bits per heavy atom. The summed E-state index contributed by atoms with van der Waals surface area (Å²) in [6.07, 6.45) is 0. The van der Waals surface area contributed by atoms with E-state index in [2.05, 4.69) is 47.3 Å². The van der Waals surface area contributed by atoms with Crippen molar-refractivity contribution >= 4 is 15.9 Å². The first-order valence-electron chi connectivity index (χ1n) is 6.36. The highest BCUT2D eigenvalue weighted by atomic mass is 79.9. The van der Waals surface area contributed by atoms with Gasteiger partial charge in [-0.25, -0.2) is 4.39 Å². The van der Waals surface area contributed by atoms with Crippen LogP contribution in [-0.4, -0.2) is 19.1 Å². The standard InChI is InChI=1S/C14H22BrFN2/c1-10(2)7-17-8-11(3)18-9-12-4-13(15)6-14(16)5-12/h4-6,10-11,17-18H,7-9H2,1-3H3. The second-order valence-corrected chi connectivity index (χ2v) is 6.03. The van der Waals surface area contributed by atoms with Crippen LogP contribution in [0.2, 0.25) is 0 Å². The van der Waals surface area contributed by atoms with E-state index in [-0.39, 0.29) is 5.82 Å². The van der Waals surface area contributed by atoms with Crippen molar-refractivity contribution in [1.82, 2.24) is 10.6 Å². The number of hydrogen-bond acceptors (Lipinski definition) is 2. The van der Waals surface area contributed by atoms with Crippen molar-refractivity contribution in [2.75, 3.05) is 13.1 Å². The fraction of sp³-hybridized carbons (Fsp3) is 0.571. The fourth-order valence-corrected chi connectivity index (χ4v) is 2.18. The maximum absolute atomic E-state index is 13.2. The van der Waals surface area contributed by atoms with Crippen LogP contribution < -0.4 is 10.6 Å². The molecule has 0 amide bonds. The number of benzene rings is 1. The number of halogens is 2. The molecule has 2 N–H and O–H groups in total. The lowest BCUT2D eigenvalue weighted by Gasteiger charge is -2.16. The quantitative estimate of drug-likeness (QED) is 0.806. The molecule has 0 heterocycles. The normalized spacial score (nSPS) is 13.0. The van der Waals surface area contributed by atoms with E-state index in [0.29, 0.717) is 18.5 Å². The summed E-state index contributed by atoms with van der Waals surface area (Å²) in [4.78, 5) is 0. The van der Waals surface area contributed by atoms with Crippen molar-refractivity contribution in [2.45, 2.75) is 33.4 Å². The van der Waals surface area contributed by atoms with Gasteiger partial charge in [0.2, 0.25) is 0 Å².